The Morgan fingerprint density at radius 2 is 1.96 bits per heavy atom. The van der Waals surface area contributed by atoms with Gasteiger partial charge in [0.1, 0.15) is 17.8 Å². The quantitative estimate of drug-likeness (QED) is 0.776. The van der Waals surface area contributed by atoms with Crippen LogP contribution in [0.5, 0.6) is 0 Å². The van der Waals surface area contributed by atoms with Gasteiger partial charge in [0.25, 0.3) is 0 Å². The van der Waals surface area contributed by atoms with Crippen LogP contribution >= 0.6 is 0 Å². The fourth-order valence-electron chi connectivity index (χ4n) is 2.93. The predicted octanol–water partition coefficient (Wildman–Crippen LogP) is 1.58. The Labute approximate surface area is 153 Å². The molecule has 1 aromatic heterocycles. The van der Waals surface area contributed by atoms with Crippen molar-refractivity contribution >= 4 is 17.3 Å². The monoisotopic (exact) mass is 360 g/mol. The lowest BCUT2D eigenvalue weighted by atomic mass is 10.2. The molecule has 2 aromatic rings. The van der Waals surface area contributed by atoms with E-state index in [0.29, 0.717) is 23.9 Å². The van der Waals surface area contributed by atoms with Crippen LogP contribution in [0.3, 0.4) is 0 Å². The van der Waals surface area contributed by atoms with Gasteiger partial charge in [-0.1, -0.05) is 12.1 Å². The molecule has 1 aromatic carbocycles. The third-order valence-electron chi connectivity index (χ3n) is 4.38. The van der Waals surface area contributed by atoms with Gasteiger partial charge in [-0.15, -0.1) is 0 Å². The van der Waals surface area contributed by atoms with Gasteiger partial charge < -0.3 is 20.7 Å². The summed E-state index contributed by atoms with van der Waals surface area (Å²) in [5, 5.41) is 3.29. The standard InChI is InChI=1S/C18H25FN6O/c1-24(12-14-2-4-15(19)5-3-14)18-16(20)17(22-13-23-18)21-6-7-25-8-10-26-11-9-25/h2-5,13H,6-12,20H2,1H3,(H,21,22,23). The number of nitrogens with two attached hydrogens (primary N) is 1. The summed E-state index contributed by atoms with van der Waals surface area (Å²) in [6.45, 7) is 5.71. The molecule has 1 saturated heterocycles. The van der Waals surface area contributed by atoms with Gasteiger partial charge in [-0.05, 0) is 17.7 Å². The molecule has 0 saturated carbocycles. The van der Waals surface area contributed by atoms with Crippen LogP contribution in [-0.4, -0.2) is 61.3 Å². The van der Waals surface area contributed by atoms with Crippen LogP contribution in [0.15, 0.2) is 30.6 Å². The number of nitrogen functional groups attached to an aromatic ring is 1. The number of benzene rings is 1. The molecule has 0 bridgehead atoms. The Balaban J connectivity index is 1.59. The van der Waals surface area contributed by atoms with Crippen molar-refractivity contribution in [2.45, 2.75) is 6.54 Å². The van der Waals surface area contributed by atoms with Gasteiger partial charge in [0.15, 0.2) is 11.6 Å². The molecule has 26 heavy (non-hydrogen) atoms. The zero-order valence-electron chi connectivity index (χ0n) is 15.0. The fourth-order valence-corrected chi connectivity index (χ4v) is 2.93. The summed E-state index contributed by atoms with van der Waals surface area (Å²) in [6, 6.07) is 6.41. The van der Waals surface area contributed by atoms with Crippen LogP contribution in [0.2, 0.25) is 0 Å². The van der Waals surface area contributed by atoms with Crippen LogP contribution in [0.25, 0.3) is 0 Å². The van der Waals surface area contributed by atoms with Gasteiger partial charge >= 0.3 is 0 Å². The number of anilines is 3. The molecule has 1 fully saturated rings. The van der Waals surface area contributed by atoms with Crippen molar-refractivity contribution in [1.29, 1.82) is 0 Å². The second-order valence-electron chi connectivity index (χ2n) is 6.32. The van der Waals surface area contributed by atoms with Crippen molar-refractivity contribution in [2.75, 3.05) is 62.4 Å². The first-order chi connectivity index (χ1) is 12.6. The minimum atomic E-state index is -0.246. The second kappa shape index (κ2) is 8.77. The van der Waals surface area contributed by atoms with E-state index >= 15 is 0 Å². The number of rotatable bonds is 7. The maximum Gasteiger partial charge on any atom is 0.157 e. The SMILES string of the molecule is CN(Cc1ccc(F)cc1)c1ncnc(NCCN2CCOCC2)c1N. The number of morpholine rings is 1. The summed E-state index contributed by atoms with van der Waals surface area (Å²) in [5.41, 5.74) is 7.75. The Kier molecular flexibility index (Phi) is 6.19. The number of nitrogens with one attached hydrogen (secondary N) is 1. The number of hydrogen-bond acceptors (Lipinski definition) is 7. The summed E-state index contributed by atoms with van der Waals surface area (Å²) >= 11 is 0. The first-order valence-corrected chi connectivity index (χ1v) is 8.73. The molecule has 0 amide bonds. The maximum absolute atomic E-state index is 13.0. The minimum absolute atomic E-state index is 0.246. The molecular weight excluding hydrogens is 335 g/mol. The highest BCUT2D eigenvalue weighted by molar-refractivity contribution is 5.74. The maximum atomic E-state index is 13.0. The van der Waals surface area contributed by atoms with E-state index < -0.39 is 0 Å². The molecule has 8 heteroatoms. The summed E-state index contributed by atoms with van der Waals surface area (Å²) in [4.78, 5) is 12.8. The first-order valence-electron chi connectivity index (χ1n) is 8.73. The lowest BCUT2D eigenvalue weighted by molar-refractivity contribution is 0.0398. The van der Waals surface area contributed by atoms with Gasteiger partial charge in [0.05, 0.1) is 13.2 Å². The van der Waals surface area contributed by atoms with E-state index in [4.69, 9.17) is 10.5 Å². The van der Waals surface area contributed by atoms with Gasteiger partial charge in [-0.3, -0.25) is 4.90 Å². The number of ether oxygens (including phenoxy) is 1. The van der Waals surface area contributed by atoms with Gasteiger partial charge in [-0.25, -0.2) is 14.4 Å². The molecule has 0 spiro atoms. The molecule has 0 unspecified atom stereocenters. The zero-order chi connectivity index (χ0) is 18.4. The van der Waals surface area contributed by atoms with Crippen molar-refractivity contribution < 1.29 is 9.13 Å². The number of hydrogen-bond donors (Lipinski definition) is 2. The zero-order valence-corrected chi connectivity index (χ0v) is 15.0. The molecule has 3 rings (SSSR count). The number of halogens is 1. The predicted molar refractivity (Wildman–Crippen MR) is 101 cm³/mol. The Bertz CT molecular complexity index is 705. The van der Waals surface area contributed by atoms with Crippen LogP contribution in [0.1, 0.15) is 5.56 Å². The van der Waals surface area contributed by atoms with Crippen molar-refractivity contribution in [1.82, 2.24) is 14.9 Å². The Morgan fingerprint density at radius 3 is 2.69 bits per heavy atom. The molecule has 0 aliphatic carbocycles. The highest BCUT2D eigenvalue weighted by Crippen LogP contribution is 2.26. The van der Waals surface area contributed by atoms with E-state index in [9.17, 15) is 4.39 Å². The lowest BCUT2D eigenvalue weighted by Crippen LogP contribution is -2.39. The van der Waals surface area contributed by atoms with Crippen LogP contribution in [0, 0.1) is 5.82 Å². The molecular formula is C18H25FN6O. The Morgan fingerprint density at radius 1 is 1.23 bits per heavy atom. The van der Waals surface area contributed by atoms with Gasteiger partial charge in [0.2, 0.25) is 0 Å². The third kappa shape index (κ3) is 4.80. The van der Waals surface area contributed by atoms with E-state index in [1.54, 1.807) is 12.1 Å². The lowest BCUT2D eigenvalue weighted by Gasteiger charge is -2.26. The molecule has 140 valence electrons. The van der Waals surface area contributed by atoms with E-state index in [1.165, 1.54) is 18.5 Å². The van der Waals surface area contributed by atoms with Gasteiger partial charge in [-0.2, -0.15) is 0 Å². The highest BCUT2D eigenvalue weighted by atomic mass is 19.1. The molecule has 1 aliphatic rings. The molecule has 1 aliphatic heterocycles. The van der Waals surface area contributed by atoms with Crippen molar-refractivity contribution in [3.8, 4) is 0 Å². The van der Waals surface area contributed by atoms with E-state index in [1.807, 2.05) is 11.9 Å². The molecule has 2 heterocycles. The Hall–Kier alpha value is -2.45. The average molecular weight is 360 g/mol. The third-order valence-corrected chi connectivity index (χ3v) is 4.38. The van der Waals surface area contributed by atoms with E-state index in [2.05, 4.69) is 20.2 Å². The molecule has 0 radical (unpaired) electrons. The average Bonchev–Trinajstić information content (AvgIpc) is 2.66. The summed E-state index contributed by atoms with van der Waals surface area (Å²) < 4.78 is 18.4. The summed E-state index contributed by atoms with van der Waals surface area (Å²) in [5.74, 6) is 1.04. The minimum Gasteiger partial charge on any atom is -0.393 e. The van der Waals surface area contributed by atoms with Crippen LogP contribution in [-0.2, 0) is 11.3 Å². The van der Waals surface area contributed by atoms with Crippen molar-refractivity contribution in [3.63, 3.8) is 0 Å². The van der Waals surface area contributed by atoms with Crippen LogP contribution in [0.4, 0.5) is 21.7 Å². The highest BCUT2D eigenvalue weighted by Gasteiger charge is 2.14. The number of nitrogens with zero attached hydrogens (tertiary/aromatic N) is 4. The molecule has 7 nitrogen and oxygen atoms in total. The summed E-state index contributed by atoms with van der Waals surface area (Å²) in [7, 11) is 1.90. The first kappa shape index (κ1) is 18.3. The van der Waals surface area contributed by atoms with Gasteiger partial charge in [0, 0.05) is 39.8 Å². The summed E-state index contributed by atoms with van der Waals surface area (Å²) in [6.07, 6.45) is 1.50. The topological polar surface area (TPSA) is 79.5 Å². The molecule has 3 N–H and O–H groups in total. The van der Waals surface area contributed by atoms with Crippen LogP contribution < -0.4 is 16.0 Å². The van der Waals surface area contributed by atoms with E-state index in [-0.39, 0.29) is 5.82 Å². The van der Waals surface area contributed by atoms with E-state index in [0.717, 1.165) is 45.0 Å². The fraction of sp³-hybridized carbons (Fsp3) is 0.444. The molecule has 0 atom stereocenters. The number of aromatic nitrogens is 2. The second-order valence-corrected chi connectivity index (χ2v) is 6.32. The largest absolute Gasteiger partial charge is 0.393 e. The van der Waals surface area contributed by atoms with Crippen molar-refractivity contribution in [3.05, 3.63) is 42.0 Å². The normalized spacial score (nSPS) is 15.0. The smallest absolute Gasteiger partial charge is 0.157 e. The van der Waals surface area contributed by atoms with Crippen molar-refractivity contribution in [2.24, 2.45) is 0 Å².